The lowest BCUT2D eigenvalue weighted by Crippen LogP contribution is -2.46. The second-order valence-electron chi connectivity index (χ2n) is 4.97. The van der Waals surface area contributed by atoms with Crippen molar-refractivity contribution in [3.63, 3.8) is 0 Å². The first-order chi connectivity index (χ1) is 9.96. The zero-order chi connectivity index (χ0) is 15.6. The molecule has 1 fully saturated rings. The highest BCUT2D eigenvalue weighted by atomic mass is 16.5. The van der Waals surface area contributed by atoms with Gasteiger partial charge in [0.25, 0.3) is 5.91 Å². The molecule has 1 saturated carbocycles. The molecule has 1 amide bonds. The molecule has 1 aromatic rings. The Balaban J connectivity index is 2.20. The van der Waals surface area contributed by atoms with E-state index >= 15 is 0 Å². The van der Waals surface area contributed by atoms with Crippen LogP contribution in [0.2, 0.25) is 0 Å². The molecule has 0 radical (unpaired) electrons. The van der Waals surface area contributed by atoms with E-state index in [0.717, 1.165) is 0 Å². The molecule has 2 atom stereocenters. The number of nitrogens with zero attached hydrogens (tertiary/aromatic N) is 1. The van der Waals surface area contributed by atoms with Crippen LogP contribution in [0.3, 0.4) is 0 Å². The SMILES string of the molecule is C=CC1CC1(NC(=O)c1cccn1C(C)=O)C(=O)OCC. The van der Waals surface area contributed by atoms with Crippen molar-refractivity contribution in [3.8, 4) is 0 Å². The van der Waals surface area contributed by atoms with E-state index in [-0.39, 0.29) is 24.1 Å². The Morgan fingerprint density at radius 3 is 2.81 bits per heavy atom. The van der Waals surface area contributed by atoms with Crippen molar-refractivity contribution in [1.29, 1.82) is 0 Å². The highest BCUT2D eigenvalue weighted by molar-refractivity contribution is 6.01. The van der Waals surface area contributed by atoms with Gasteiger partial charge in [-0.1, -0.05) is 6.08 Å². The topological polar surface area (TPSA) is 77.4 Å². The van der Waals surface area contributed by atoms with Crippen molar-refractivity contribution >= 4 is 17.8 Å². The smallest absolute Gasteiger partial charge is 0.332 e. The third-order valence-electron chi connectivity index (χ3n) is 3.60. The van der Waals surface area contributed by atoms with Crippen molar-refractivity contribution in [2.24, 2.45) is 5.92 Å². The molecule has 1 aromatic heterocycles. The predicted octanol–water partition coefficient (Wildman–Crippen LogP) is 1.39. The standard InChI is InChI=1S/C15H18N2O4/c1-4-11-9-15(11,14(20)21-5-2)16-13(19)12-7-6-8-17(12)10(3)18/h4,6-8,11H,1,5,9H2,2-3H3,(H,16,19). The first kappa shape index (κ1) is 15.0. The minimum atomic E-state index is -1.05. The van der Waals surface area contributed by atoms with Crippen LogP contribution in [0, 0.1) is 5.92 Å². The van der Waals surface area contributed by atoms with Gasteiger partial charge in [0.15, 0.2) is 0 Å². The Hall–Kier alpha value is -2.37. The van der Waals surface area contributed by atoms with Gasteiger partial charge in [0.05, 0.1) is 6.61 Å². The number of carbonyl (C=O) groups excluding carboxylic acids is 3. The highest BCUT2D eigenvalue weighted by Crippen LogP contribution is 2.45. The summed E-state index contributed by atoms with van der Waals surface area (Å²) in [4.78, 5) is 35.8. The molecule has 1 heterocycles. The van der Waals surface area contributed by atoms with E-state index in [1.165, 1.54) is 23.8 Å². The van der Waals surface area contributed by atoms with Crippen LogP contribution in [0.4, 0.5) is 0 Å². The second-order valence-corrected chi connectivity index (χ2v) is 4.97. The predicted molar refractivity (Wildman–Crippen MR) is 75.9 cm³/mol. The largest absolute Gasteiger partial charge is 0.464 e. The molecule has 2 unspecified atom stereocenters. The number of hydrogen-bond acceptors (Lipinski definition) is 4. The number of ether oxygens (including phenoxy) is 1. The Labute approximate surface area is 122 Å². The first-order valence-corrected chi connectivity index (χ1v) is 6.77. The summed E-state index contributed by atoms with van der Waals surface area (Å²) in [5.74, 6) is -1.37. The summed E-state index contributed by atoms with van der Waals surface area (Å²) in [5, 5.41) is 2.69. The summed E-state index contributed by atoms with van der Waals surface area (Å²) in [6.45, 7) is 6.97. The van der Waals surface area contributed by atoms with Crippen LogP contribution in [0.5, 0.6) is 0 Å². The number of amides is 1. The van der Waals surface area contributed by atoms with Gasteiger partial charge in [-0.2, -0.15) is 0 Å². The zero-order valence-electron chi connectivity index (χ0n) is 12.1. The molecule has 21 heavy (non-hydrogen) atoms. The van der Waals surface area contributed by atoms with E-state index in [0.29, 0.717) is 6.42 Å². The maximum absolute atomic E-state index is 12.3. The Morgan fingerprint density at radius 1 is 1.57 bits per heavy atom. The van der Waals surface area contributed by atoms with E-state index in [4.69, 9.17) is 4.74 Å². The maximum Gasteiger partial charge on any atom is 0.332 e. The Bertz CT molecular complexity index is 605. The highest BCUT2D eigenvalue weighted by Gasteiger charge is 2.61. The van der Waals surface area contributed by atoms with E-state index in [2.05, 4.69) is 11.9 Å². The molecule has 112 valence electrons. The fraction of sp³-hybridized carbons (Fsp3) is 0.400. The molecule has 0 spiro atoms. The molecule has 1 aliphatic carbocycles. The molecule has 0 bridgehead atoms. The normalized spacial score (nSPS) is 23.2. The summed E-state index contributed by atoms with van der Waals surface area (Å²) in [6, 6.07) is 3.13. The van der Waals surface area contributed by atoms with Crippen molar-refractivity contribution in [2.75, 3.05) is 6.61 Å². The molecule has 1 aliphatic rings. The number of rotatable bonds is 5. The Morgan fingerprint density at radius 2 is 2.29 bits per heavy atom. The molecule has 1 N–H and O–H groups in total. The van der Waals surface area contributed by atoms with Gasteiger partial charge in [0, 0.05) is 19.0 Å². The van der Waals surface area contributed by atoms with Crippen LogP contribution in [0.15, 0.2) is 31.0 Å². The van der Waals surface area contributed by atoms with Gasteiger partial charge >= 0.3 is 5.97 Å². The van der Waals surface area contributed by atoms with Crippen molar-refractivity contribution in [1.82, 2.24) is 9.88 Å². The monoisotopic (exact) mass is 290 g/mol. The van der Waals surface area contributed by atoms with E-state index in [1.54, 1.807) is 19.1 Å². The zero-order valence-corrected chi connectivity index (χ0v) is 12.1. The van der Waals surface area contributed by atoms with Gasteiger partial charge < -0.3 is 10.1 Å². The lowest BCUT2D eigenvalue weighted by molar-refractivity contribution is -0.147. The lowest BCUT2D eigenvalue weighted by atomic mass is 10.2. The molecule has 2 rings (SSSR count). The number of nitrogens with one attached hydrogen (secondary N) is 1. The van der Waals surface area contributed by atoms with Crippen molar-refractivity contribution < 1.29 is 19.1 Å². The van der Waals surface area contributed by atoms with Crippen LogP contribution in [0.1, 0.15) is 35.6 Å². The maximum atomic E-state index is 12.3. The fourth-order valence-electron chi connectivity index (χ4n) is 2.37. The quantitative estimate of drug-likeness (QED) is 0.656. The molecule has 6 heteroatoms. The van der Waals surface area contributed by atoms with E-state index in [1.807, 2.05) is 0 Å². The molecule has 0 saturated heterocycles. The summed E-state index contributed by atoms with van der Waals surface area (Å²) in [6.07, 6.45) is 3.59. The van der Waals surface area contributed by atoms with Crippen molar-refractivity contribution in [2.45, 2.75) is 25.8 Å². The fourth-order valence-corrected chi connectivity index (χ4v) is 2.37. The van der Waals surface area contributed by atoms with Gasteiger partial charge in [-0.15, -0.1) is 6.58 Å². The molecule has 0 aliphatic heterocycles. The van der Waals surface area contributed by atoms with Gasteiger partial charge in [-0.3, -0.25) is 14.2 Å². The van der Waals surface area contributed by atoms with Crippen LogP contribution < -0.4 is 5.32 Å². The summed E-state index contributed by atoms with van der Waals surface area (Å²) >= 11 is 0. The van der Waals surface area contributed by atoms with Gasteiger partial charge in [-0.25, -0.2) is 4.79 Å². The number of esters is 1. The number of carbonyl (C=O) groups is 3. The van der Waals surface area contributed by atoms with Crippen LogP contribution in [0.25, 0.3) is 0 Å². The average Bonchev–Trinajstić information content (AvgIpc) is 2.93. The van der Waals surface area contributed by atoms with E-state index in [9.17, 15) is 14.4 Å². The molecular weight excluding hydrogens is 272 g/mol. The van der Waals surface area contributed by atoms with Crippen LogP contribution >= 0.6 is 0 Å². The summed E-state index contributed by atoms with van der Waals surface area (Å²) < 4.78 is 6.26. The summed E-state index contributed by atoms with van der Waals surface area (Å²) in [7, 11) is 0. The second kappa shape index (κ2) is 5.55. The minimum Gasteiger partial charge on any atom is -0.464 e. The van der Waals surface area contributed by atoms with Crippen LogP contribution in [-0.4, -0.2) is 34.5 Å². The lowest BCUT2D eigenvalue weighted by Gasteiger charge is -2.17. The Kier molecular flexibility index (Phi) is 3.97. The van der Waals surface area contributed by atoms with Crippen molar-refractivity contribution in [3.05, 3.63) is 36.7 Å². The van der Waals surface area contributed by atoms with E-state index < -0.39 is 17.4 Å². The average molecular weight is 290 g/mol. The van der Waals surface area contributed by atoms with Crippen LogP contribution in [-0.2, 0) is 9.53 Å². The summed E-state index contributed by atoms with van der Waals surface area (Å²) in [5.41, 5.74) is -0.860. The third kappa shape index (κ3) is 2.61. The third-order valence-corrected chi connectivity index (χ3v) is 3.60. The van der Waals surface area contributed by atoms with Gasteiger partial charge in [0.2, 0.25) is 5.91 Å². The molecule has 6 nitrogen and oxygen atoms in total. The number of hydrogen-bond donors (Lipinski definition) is 1. The number of aromatic nitrogens is 1. The minimum absolute atomic E-state index is 0.152. The van der Waals surface area contributed by atoms with Gasteiger partial charge in [-0.05, 0) is 25.5 Å². The molecule has 0 aromatic carbocycles. The first-order valence-electron chi connectivity index (χ1n) is 6.77. The van der Waals surface area contributed by atoms with Gasteiger partial charge in [0.1, 0.15) is 11.2 Å². The molecular formula is C15H18N2O4.